The van der Waals surface area contributed by atoms with Crippen LogP contribution in [0.15, 0.2) is 30.3 Å². The van der Waals surface area contributed by atoms with Crippen LogP contribution in [0.25, 0.3) is 0 Å². The Morgan fingerprint density at radius 1 is 1.00 bits per heavy atom. The number of carbonyl (C=O) groups is 2. The van der Waals surface area contributed by atoms with E-state index in [2.05, 4.69) is 24.4 Å². The Morgan fingerprint density at radius 3 is 1.67 bits per heavy atom. The minimum Gasteiger partial charge on any atom is -0.480 e. The average molecular weight is 365 g/mol. The third-order valence-electron chi connectivity index (χ3n) is 1.82. The highest BCUT2D eigenvalue weighted by Gasteiger charge is 1.90. The maximum absolute atomic E-state index is 9.77. The molecule has 9 N–H and O–H groups in total. The molecule has 0 aliphatic heterocycles. The minimum absolute atomic E-state index is 0.00278. The van der Waals surface area contributed by atoms with Gasteiger partial charge in [-0.3, -0.25) is 9.59 Å². The smallest absolute Gasteiger partial charge is 0.318 e. The van der Waals surface area contributed by atoms with Crippen LogP contribution in [0.4, 0.5) is 0 Å². The molecule has 0 bridgehead atoms. The van der Waals surface area contributed by atoms with E-state index in [-0.39, 0.29) is 12.4 Å². The zero-order chi connectivity index (χ0) is 19.2. The molecule has 0 heterocycles. The maximum atomic E-state index is 9.77. The number of carboxylic acid groups (broad SMARTS) is 2. The van der Waals surface area contributed by atoms with E-state index >= 15 is 0 Å². The standard InChI is InChI=1S/C7H8.C4H10N2O2.C2H3ClO2.C2H8N2/c1-7-5-3-2-4-6-7;5-1-2-6-3-4(7)8;3-1-2(4)5;3-1-2-4/h2-6H,1H3;6H,1-3,5H2,(H,7,8);1H2,(H,4,5);1-4H2. The summed E-state index contributed by atoms with van der Waals surface area (Å²) in [6.07, 6.45) is 0. The van der Waals surface area contributed by atoms with E-state index in [4.69, 9.17) is 39.0 Å². The lowest BCUT2D eigenvalue weighted by Gasteiger charge is -1.94. The molecule has 0 atom stereocenters. The zero-order valence-corrected chi connectivity index (χ0v) is 14.7. The van der Waals surface area contributed by atoms with Crippen molar-refractivity contribution < 1.29 is 19.8 Å². The number of nitrogens with one attached hydrogen (secondary N) is 1. The molecule has 0 spiro atoms. The van der Waals surface area contributed by atoms with Crippen LogP contribution >= 0.6 is 11.6 Å². The van der Waals surface area contributed by atoms with Crippen LogP contribution in [0.3, 0.4) is 0 Å². The number of aliphatic carboxylic acids is 2. The number of halogens is 1. The first-order chi connectivity index (χ1) is 11.3. The fraction of sp³-hybridized carbons (Fsp3) is 0.467. The van der Waals surface area contributed by atoms with E-state index in [0.29, 0.717) is 26.2 Å². The van der Waals surface area contributed by atoms with E-state index in [1.165, 1.54) is 5.56 Å². The predicted molar refractivity (Wildman–Crippen MR) is 97.2 cm³/mol. The summed E-state index contributed by atoms with van der Waals surface area (Å²) in [5.41, 5.74) is 16.2. The summed E-state index contributed by atoms with van der Waals surface area (Å²) in [4.78, 5) is 19.0. The van der Waals surface area contributed by atoms with E-state index in [0.717, 1.165) is 0 Å². The predicted octanol–water partition coefficient (Wildman–Crippen LogP) is -0.172. The summed E-state index contributed by atoms with van der Waals surface area (Å²) < 4.78 is 0. The first-order valence-electron chi connectivity index (χ1n) is 7.17. The number of hydrogen-bond donors (Lipinski definition) is 6. The van der Waals surface area contributed by atoms with Gasteiger partial charge in [-0.2, -0.15) is 0 Å². The van der Waals surface area contributed by atoms with Gasteiger partial charge in [0.05, 0.1) is 6.54 Å². The SMILES string of the molecule is Cc1ccccc1.NCCN.NCCNCC(=O)O.O=C(O)CCl. The average Bonchev–Trinajstić information content (AvgIpc) is 2.57. The summed E-state index contributed by atoms with van der Waals surface area (Å²) in [5, 5.41) is 18.2. The number of aryl methyl sites for hydroxylation is 1. The Labute approximate surface area is 148 Å². The summed E-state index contributed by atoms with van der Waals surface area (Å²) in [7, 11) is 0. The van der Waals surface area contributed by atoms with Gasteiger partial charge in [-0.1, -0.05) is 35.9 Å². The van der Waals surface area contributed by atoms with Crippen LogP contribution < -0.4 is 22.5 Å². The number of carboxylic acids is 2. The molecule has 0 unspecified atom stereocenters. The highest BCUT2D eigenvalue weighted by molar-refractivity contribution is 6.26. The Morgan fingerprint density at radius 2 is 1.46 bits per heavy atom. The largest absolute Gasteiger partial charge is 0.480 e. The summed E-state index contributed by atoms with van der Waals surface area (Å²) >= 11 is 4.74. The van der Waals surface area contributed by atoms with Crippen LogP contribution in [0.2, 0.25) is 0 Å². The van der Waals surface area contributed by atoms with Crippen molar-refractivity contribution >= 4 is 23.5 Å². The number of alkyl halides is 1. The molecule has 0 amide bonds. The summed E-state index contributed by atoms with van der Waals surface area (Å²) in [6, 6.07) is 10.3. The Balaban J connectivity index is -0.000000254. The van der Waals surface area contributed by atoms with Crippen molar-refractivity contribution in [3.8, 4) is 0 Å². The molecule has 1 rings (SSSR count). The number of benzene rings is 1. The molecular weight excluding hydrogens is 336 g/mol. The molecule has 0 saturated heterocycles. The van der Waals surface area contributed by atoms with Crippen LogP contribution in [0.1, 0.15) is 5.56 Å². The highest BCUT2D eigenvalue weighted by atomic mass is 35.5. The lowest BCUT2D eigenvalue weighted by atomic mass is 10.2. The molecule has 0 aromatic heterocycles. The molecule has 0 radical (unpaired) electrons. The first kappa shape index (κ1) is 27.2. The Hall–Kier alpha value is -1.71. The third-order valence-corrected chi connectivity index (χ3v) is 2.05. The molecule has 1 aromatic carbocycles. The topological polar surface area (TPSA) is 165 Å². The quantitative estimate of drug-likeness (QED) is 0.299. The summed E-state index contributed by atoms with van der Waals surface area (Å²) in [5.74, 6) is -2.13. The van der Waals surface area contributed by atoms with Crippen LogP contribution in [0, 0.1) is 6.92 Å². The van der Waals surface area contributed by atoms with E-state index in [9.17, 15) is 9.59 Å². The molecule has 9 heteroatoms. The van der Waals surface area contributed by atoms with E-state index < -0.39 is 11.9 Å². The van der Waals surface area contributed by atoms with Gasteiger partial charge in [0, 0.05) is 26.2 Å². The van der Waals surface area contributed by atoms with Crippen molar-refractivity contribution in [2.24, 2.45) is 17.2 Å². The van der Waals surface area contributed by atoms with Gasteiger partial charge >= 0.3 is 11.9 Å². The second kappa shape index (κ2) is 23.6. The second-order valence-electron chi connectivity index (χ2n) is 4.12. The molecule has 0 aliphatic carbocycles. The molecular formula is C15H29ClN4O4. The Kier molecular flexibility index (Phi) is 26.6. The van der Waals surface area contributed by atoms with Crippen molar-refractivity contribution in [1.82, 2.24) is 5.32 Å². The highest BCUT2D eigenvalue weighted by Crippen LogP contribution is 1.92. The van der Waals surface area contributed by atoms with E-state index in [1.807, 2.05) is 18.2 Å². The van der Waals surface area contributed by atoms with Gasteiger partial charge in [-0.15, -0.1) is 11.6 Å². The molecule has 1 aromatic rings. The number of nitrogens with two attached hydrogens (primary N) is 3. The van der Waals surface area contributed by atoms with Crippen molar-refractivity contribution in [2.75, 3.05) is 38.6 Å². The zero-order valence-electron chi connectivity index (χ0n) is 14.0. The lowest BCUT2D eigenvalue weighted by molar-refractivity contribution is -0.136. The van der Waals surface area contributed by atoms with Gasteiger partial charge in [-0.05, 0) is 6.92 Å². The van der Waals surface area contributed by atoms with Crippen molar-refractivity contribution in [1.29, 1.82) is 0 Å². The molecule has 0 aliphatic rings. The van der Waals surface area contributed by atoms with Gasteiger partial charge in [0.15, 0.2) is 0 Å². The molecule has 0 saturated carbocycles. The van der Waals surface area contributed by atoms with Crippen LogP contribution in [-0.2, 0) is 9.59 Å². The minimum atomic E-state index is -0.980. The summed E-state index contributed by atoms with van der Waals surface area (Å²) in [6.45, 7) is 4.32. The molecule has 140 valence electrons. The maximum Gasteiger partial charge on any atom is 0.318 e. The third kappa shape index (κ3) is 37.0. The van der Waals surface area contributed by atoms with Gasteiger partial charge in [0.1, 0.15) is 5.88 Å². The fourth-order valence-electron chi connectivity index (χ4n) is 0.832. The molecule has 0 fully saturated rings. The first-order valence-corrected chi connectivity index (χ1v) is 7.71. The van der Waals surface area contributed by atoms with E-state index in [1.54, 1.807) is 0 Å². The fourth-order valence-corrected chi connectivity index (χ4v) is 0.832. The normalized spacial score (nSPS) is 8.38. The van der Waals surface area contributed by atoms with Crippen molar-refractivity contribution in [3.05, 3.63) is 35.9 Å². The van der Waals surface area contributed by atoms with Crippen LogP contribution in [-0.4, -0.2) is 60.8 Å². The van der Waals surface area contributed by atoms with Gasteiger partial charge in [0.25, 0.3) is 0 Å². The second-order valence-corrected chi connectivity index (χ2v) is 4.39. The van der Waals surface area contributed by atoms with Crippen molar-refractivity contribution in [2.45, 2.75) is 6.92 Å². The van der Waals surface area contributed by atoms with Crippen LogP contribution in [0.5, 0.6) is 0 Å². The Bertz CT molecular complexity index is 392. The lowest BCUT2D eigenvalue weighted by Crippen LogP contribution is -2.27. The van der Waals surface area contributed by atoms with Gasteiger partial charge in [-0.25, -0.2) is 0 Å². The van der Waals surface area contributed by atoms with Gasteiger partial charge in [0.2, 0.25) is 0 Å². The molecule has 8 nitrogen and oxygen atoms in total. The number of rotatable bonds is 6. The number of hydrogen-bond acceptors (Lipinski definition) is 6. The van der Waals surface area contributed by atoms with Gasteiger partial charge < -0.3 is 32.7 Å². The van der Waals surface area contributed by atoms with Crippen molar-refractivity contribution in [3.63, 3.8) is 0 Å². The molecule has 24 heavy (non-hydrogen) atoms. The monoisotopic (exact) mass is 364 g/mol.